The highest BCUT2D eigenvalue weighted by atomic mass is 35.5. The van der Waals surface area contributed by atoms with Crippen molar-refractivity contribution in [3.8, 4) is 5.75 Å². The molecule has 1 aliphatic heterocycles. The van der Waals surface area contributed by atoms with Crippen molar-refractivity contribution in [2.45, 2.75) is 38.3 Å². The number of piperidine rings is 1. The number of halogens is 1. The molecule has 3 rings (SSSR count). The topological polar surface area (TPSA) is 24.5 Å². The highest BCUT2D eigenvalue weighted by Gasteiger charge is 2.31. The van der Waals surface area contributed by atoms with Crippen LogP contribution in [0, 0.1) is 5.92 Å². The molecular weight excluding hydrogens is 284 g/mol. The Bertz CT molecular complexity index is 470. The summed E-state index contributed by atoms with van der Waals surface area (Å²) >= 11 is 6.40. The van der Waals surface area contributed by atoms with Gasteiger partial charge in [0.1, 0.15) is 5.75 Å². The monoisotopic (exact) mass is 308 g/mol. The van der Waals surface area contributed by atoms with Crippen LogP contribution in [-0.2, 0) is 6.54 Å². The van der Waals surface area contributed by atoms with Gasteiger partial charge in [-0.1, -0.05) is 17.7 Å². The second-order valence-electron chi connectivity index (χ2n) is 6.27. The molecule has 0 atom stereocenters. The first-order valence-electron chi connectivity index (χ1n) is 8.04. The summed E-state index contributed by atoms with van der Waals surface area (Å²) in [6.07, 6.45) is 5.25. The summed E-state index contributed by atoms with van der Waals surface area (Å²) in [7, 11) is 1.73. The molecule has 1 saturated carbocycles. The van der Waals surface area contributed by atoms with Crippen molar-refractivity contribution in [3.05, 3.63) is 28.8 Å². The van der Waals surface area contributed by atoms with Gasteiger partial charge in [0.2, 0.25) is 0 Å². The first-order valence-corrected chi connectivity index (χ1v) is 8.42. The molecule has 0 amide bonds. The Kier molecular flexibility index (Phi) is 5.04. The van der Waals surface area contributed by atoms with Crippen LogP contribution in [0.5, 0.6) is 5.75 Å². The van der Waals surface area contributed by atoms with E-state index in [0.717, 1.165) is 34.8 Å². The van der Waals surface area contributed by atoms with Crippen molar-refractivity contribution < 1.29 is 4.74 Å². The highest BCUT2D eigenvalue weighted by molar-refractivity contribution is 6.31. The first-order chi connectivity index (χ1) is 10.3. The largest absolute Gasteiger partial charge is 0.496 e. The molecule has 2 fully saturated rings. The molecule has 4 heteroatoms. The van der Waals surface area contributed by atoms with Crippen LogP contribution in [0.1, 0.15) is 31.2 Å². The number of rotatable bonds is 6. The van der Waals surface area contributed by atoms with Crippen LogP contribution in [0.3, 0.4) is 0 Å². The van der Waals surface area contributed by atoms with E-state index in [9.17, 15) is 0 Å². The first kappa shape index (κ1) is 15.1. The predicted molar refractivity (Wildman–Crippen MR) is 87.0 cm³/mol. The van der Waals surface area contributed by atoms with E-state index >= 15 is 0 Å². The number of hydrogen-bond acceptors (Lipinski definition) is 3. The highest BCUT2D eigenvalue weighted by Crippen LogP contribution is 2.34. The summed E-state index contributed by atoms with van der Waals surface area (Å²) in [5.74, 6) is 1.73. The van der Waals surface area contributed by atoms with Gasteiger partial charge in [-0.25, -0.2) is 0 Å². The molecule has 0 radical (unpaired) electrons. The van der Waals surface area contributed by atoms with Gasteiger partial charge in [-0.2, -0.15) is 0 Å². The van der Waals surface area contributed by atoms with Crippen LogP contribution in [0.4, 0.5) is 0 Å². The van der Waals surface area contributed by atoms with E-state index < -0.39 is 0 Å². The molecule has 1 aromatic rings. The second-order valence-corrected chi connectivity index (χ2v) is 6.68. The number of nitrogens with one attached hydrogen (secondary N) is 1. The molecule has 1 aromatic carbocycles. The number of methoxy groups -OCH3 is 1. The normalized spacial score (nSPS) is 20.0. The van der Waals surface area contributed by atoms with E-state index in [-0.39, 0.29) is 0 Å². The summed E-state index contributed by atoms with van der Waals surface area (Å²) in [6.45, 7) is 4.44. The molecule has 0 bridgehead atoms. The summed E-state index contributed by atoms with van der Waals surface area (Å²) in [6, 6.07) is 6.69. The Balaban J connectivity index is 1.70. The van der Waals surface area contributed by atoms with E-state index in [4.69, 9.17) is 16.3 Å². The Hall–Kier alpha value is -0.770. The minimum atomic E-state index is 0.751. The molecule has 21 heavy (non-hydrogen) atoms. The SMILES string of the molecule is COc1cccc(Cl)c1CN(CC1CCNCC1)C1CC1. The molecular formula is C17H25ClN2O. The van der Waals surface area contributed by atoms with Gasteiger partial charge in [-0.3, -0.25) is 4.90 Å². The zero-order valence-electron chi connectivity index (χ0n) is 12.8. The fourth-order valence-corrected chi connectivity index (χ4v) is 3.49. The van der Waals surface area contributed by atoms with Crippen molar-refractivity contribution in [3.63, 3.8) is 0 Å². The lowest BCUT2D eigenvalue weighted by molar-refractivity contribution is 0.188. The van der Waals surface area contributed by atoms with E-state index in [1.165, 1.54) is 45.3 Å². The number of benzene rings is 1. The summed E-state index contributed by atoms with van der Waals surface area (Å²) < 4.78 is 5.50. The van der Waals surface area contributed by atoms with Crippen LogP contribution in [0.2, 0.25) is 5.02 Å². The number of hydrogen-bond donors (Lipinski definition) is 1. The quantitative estimate of drug-likeness (QED) is 0.872. The lowest BCUT2D eigenvalue weighted by atomic mass is 9.97. The van der Waals surface area contributed by atoms with Crippen LogP contribution in [-0.4, -0.2) is 37.7 Å². The predicted octanol–water partition coefficient (Wildman–Crippen LogP) is 3.31. The van der Waals surface area contributed by atoms with Gasteiger partial charge in [0.15, 0.2) is 0 Å². The Morgan fingerprint density at radius 1 is 1.24 bits per heavy atom. The number of ether oxygens (including phenoxy) is 1. The van der Waals surface area contributed by atoms with Gasteiger partial charge in [0.25, 0.3) is 0 Å². The van der Waals surface area contributed by atoms with Crippen LogP contribution >= 0.6 is 11.6 Å². The molecule has 1 heterocycles. The standard InChI is InChI=1S/C17H25ClN2O/c1-21-17-4-2-3-16(18)15(17)12-20(14-5-6-14)11-13-7-9-19-10-8-13/h2-4,13-14,19H,5-12H2,1H3. The van der Waals surface area contributed by atoms with Crippen LogP contribution in [0.15, 0.2) is 18.2 Å². The summed E-state index contributed by atoms with van der Waals surface area (Å²) in [5, 5.41) is 4.27. The maximum absolute atomic E-state index is 6.40. The molecule has 3 nitrogen and oxygen atoms in total. The third-order valence-corrected chi connectivity index (χ3v) is 5.03. The van der Waals surface area contributed by atoms with Crippen LogP contribution < -0.4 is 10.1 Å². The zero-order chi connectivity index (χ0) is 14.7. The summed E-state index contributed by atoms with van der Waals surface area (Å²) in [5.41, 5.74) is 1.14. The molecule has 0 unspecified atom stereocenters. The Morgan fingerprint density at radius 2 is 2.00 bits per heavy atom. The van der Waals surface area contributed by atoms with Gasteiger partial charge in [-0.15, -0.1) is 0 Å². The molecule has 2 aliphatic rings. The minimum Gasteiger partial charge on any atom is -0.496 e. The molecule has 1 saturated heterocycles. The maximum Gasteiger partial charge on any atom is 0.124 e. The van der Waals surface area contributed by atoms with Gasteiger partial charge in [0, 0.05) is 29.7 Å². The lowest BCUT2D eigenvalue weighted by Gasteiger charge is -2.30. The maximum atomic E-state index is 6.40. The number of nitrogens with zero attached hydrogens (tertiary/aromatic N) is 1. The van der Waals surface area contributed by atoms with Gasteiger partial charge >= 0.3 is 0 Å². The van der Waals surface area contributed by atoms with Crippen molar-refractivity contribution in [1.29, 1.82) is 0 Å². The molecule has 1 N–H and O–H groups in total. The van der Waals surface area contributed by atoms with Crippen molar-refractivity contribution in [2.75, 3.05) is 26.7 Å². The van der Waals surface area contributed by atoms with E-state index in [1.807, 2.05) is 18.2 Å². The average molecular weight is 309 g/mol. The lowest BCUT2D eigenvalue weighted by Crippen LogP contribution is -2.37. The van der Waals surface area contributed by atoms with Gasteiger partial charge < -0.3 is 10.1 Å². The van der Waals surface area contributed by atoms with Crippen molar-refractivity contribution >= 4 is 11.6 Å². The second kappa shape index (κ2) is 6.99. The molecule has 0 spiro atoms. The minimum absolute atomic E-state index is 0.751. The average Bonchev–Trinajstić information content (AvgIpc) is 3.34. The Morgan fingerprint density at radius 3 is 2.67 bits per heavy atom. The Labute approximate surface area is 132 Å². The fourth-order valence-electron chi connectivity index (χ4n) is 3.26. The third-order valence-electron chi connectivity index (χ3n) is 4.67. The zero-order valence-corrected chi connectivity index (χ0v) is 13.5. The van der Waals surface area contributed by atoms with E-state index in [0.29, 0.717) is 0 Å². The smallest absolute Gasteiger partial charge is 0.124 e. The third kappa shape index (κ3) is 3.91. The fraction of sp³-hybridized carbons (Fsp3) is 0.647. The molecule has 116 valence electrons. The summed E-state index contributed by atoms with van der Waals surface area (Å²) in [4.78, 5) is 2.62. The van der Waals surface area contributed by atoms with Gasteiger partial charge in [-0.05, 0) is 56.8 Å². The van der Waals surface area contributed by atoms with Crippen LogP contribution in [0.25, 0.3) is 0 Å². The molecule has 0 aromatic heterocycles. The molecule has 1 aliphatic carbocycles. The van der Waals surface area contributed by atoms with Crippen molar-refractivity contribution in [1.82, 2.24) is 10.2 Å². The van der Waals surface area contributed by atoms with Gasteiger partial charge in [0.05, 0.1) is 7.11 Å². The van der Waals surface area contributed by atoms with E-state index in [2.05, 4.69) is 10.2 Å². The van der Waals surface area contributed by atoms with E-state index in [1.54, 1.807) is 7.11 Å². The van der Waals surface area contributed by atoms with Crippen molar-refractivity contribution in [2.24, 2.45) is 5.92 Å².